The Morgan fingerprint density at radius 2 is 0.857 bits per heavy atom. The lowest BCUT2D eigenvalue weighted by molar-refractivity contribution is -0.116. The van der Waals surface area contributed by atoms with Crippen LogP contribution in [0.15, 0.2) is 86.2 Å². The summed E-state index contributed by atoms with van der Waals surface area (Å²) >= 11 is 9.71. The Morgan fingerprint density at radius 3 is 1.26 bits per heavy atom. The summed E-state index contributed by atoms with van der Waals surface area (Å²) in [5.74, 6) is -5.37. The first kappa shape index (κ1) is 55.3. The van der Waals surface area contributed by atoms with Crippen molar-refractivity contribution in [3.05, 3.63) is 120 Å². The highest BCUT2D eigenvalue weighted by molar-refractivity contribution is 9.11. The Kier molecular flexibility index (Phi) is 19.4. The number of nitrogens with one attached hydrogen (secondary N) is 5. The molecule has 0 radical (unpaired) electrons. The number of amides is 7. The summed E-state index contributed by atoms with van der Waals surface area (Å²) < 4.78 is -0.615. The maximum Gasteiger partial charge on any atom is 0.262 e. The second kappa shape index (κ2) is 24.5. The van der Waals surface area contributed by atoms with Crippen LogP contribution < -0.4 is 26.6 Å². The molecular weight excluding hydrogens is 1120 g/mol. The van der Waals surface area contributed by atoms with Gasteiger partial charge < -0.3 is 77.6 Å². The number of halogens is 3. The standard InChI is InChI=1S/C44H45Br3N6O17/c45-31-29(41(67)48-13-24(56)35(61)37(63)26(58)16-54)32(46)34(33(47)30(31)42(68)49-14-25(57)36(62)38(64)27(59)17-55)52-40(66)19-7-11-21(12-8-19)51-39(65)18-5-9-20(10-6-18)50-28(60)15-53-43(69)22-3-1-2-4-23(22)44(53)70/h1-12,24-27,35-38,54-59,61-64H,13-17H2,(H,48,67)(H,49,68)(H,50,60)(H,51,65)(H,52,66). The SMILES string of the molecule is O=C(CN1C(=O)c2ccccc2C1=O)Nc1ccc(C(=O)Nc2ccc(C(=O)Nc3c(Br)c(C(=O)NCC(O)C(O)C(O)C(O)CO)c(Br)c(C(=O)NCC(O)C(O)C(O)C(O)CO)c3Br)cc2)cc1. The molecular formula is C44H45Br3N6O17. The normalized spacial score (nSPS) is 15.6. The summed E-state index contributed by atoms with van der Waals surface area (Å²) in [6.07, 6.45) is -15.7. The van der Waals surface area contributed by atoms with Crippen LogP contribution in [0, 0.1) is 0 Å². The van der Waals surface area contributed by atoms with E-state index in [-0.39, 0.29) is 52.7 Å². The van der Waals surface area contributed by atoms with Gasteiger partial charge in [-0.2, -0.15) is 0 Å². The van der Waals surface area contributed by atoms with Gasteiger partial charge in [-0.15, -0.1) is 0 Å². The van der Waals surface area contributed by atoms with Crippen LogP contribution in [0.5, 0.6) is 0 Å². The third-order valence-corrected chi connectivity index (χ3v) is 13.0. The Hall–Kier alpha value is -5.59. The van der Waals surface area contributed by atoms with Gasteiger partial charge in [0.05, 0.1) is 62.3 Å². The highest BCUT2D eigenvalue weighted by Crippen LogP contribution is 2.43. The lowest BCUT2D eigenvalue weighted by Gasteiger charge is -2.26. The molecule has 5 rings (SSSR count). The van der Waals surface area contributed by atoms with Gasteiger partial charge in [0.15, 0.2) is 0 Å². The van der Waals surface area contributed by atoms with Gasteiger partial charge >= 0.3 is 0 Å². The molecule has 7 amide bonds. The number of hydrogen-bond acceptors (Lipinski definition) is 17. The molecule has 70 heavy (non-hydrogen) atoms. The van der Waals surface area contributed by atoms with Gasteiger partial charge in [-0.05, 0) is 108 Å². The molecule has 23 nitrogen and oxygen atoms in total. The molecule has 1 aliphatic heterocycles. The van der Waals surface area contributed by atoms with Crippen LogP contribution in [0.25, 0.3) is 0 Å². The Bertz CT molecular complexity index is 2520. The first-order chi connectivity index (χ1) is 33.1. The minimum Gasteiger partial charge on any atom is -0.394 e. The third kappa shape index (κ3) is 12.8. The summed E-state index contributed by atoms with van der Waals surface area (Å²) in [5, 5.41) is 111. The van der Waals surface area contributed by atoms with Crippen molar-refractivity contribution in [1.29, 1.82) is 0 Å². The molecule has 0 aromatic heterocycles. The van der Waals surface area contributed by atoms with E-state index in [1.54, 1.807) is 12.1 Å². The largest absolute Gasteiger partial charge is 0.394 e. The Morgan fingerprint density at radius 1 is 0.486 bits per heavy atom. The zero-order valence-electron chi connectivity index (χ0n) is 36.0. The summed E-state index contributed by atoms with van der Waals surface area (Å²) in [6, 6.07) is 17.3. The van der Waals surface area contributed by atoms with Crippen LogP contribution in [0.4, 0.5) is 17.1 Å². The summed E-state index contributed by atoms with van der Waals surface area (Å²) in [5.41, 5.74) is 0.00158. The molecule has 15 N–H and O–H groups in total. The van der Waals surface area contributed by atoms with Crippen molar-refractivity contribution in [2.75, 3.05) is 48.8 Å². The predicted octanol–water partition coefficient (Wildman–Crippen LogP) is -0.955. The second-order valence-corrected chi connectivity index (χ2v) is 17.8. The first-order valence-electron chi connectivity index (χ1n) is 20.6. The average molecular weight is 1170 g/mol. The number of aliphatic hydroxyl groups excluding tert-OH is 10. The number of nitrogens with zero attached hydrogens (tertiary/aromatic N) is 1. The first-order valence-corrected chi connectivity index (χ1v) is 23.0. The maximum absolute atomic E-state index is 13.7. The topological polar surface area (TPSA) is 385 Å². The zero-order chi connectivity index (χ0) is 51.7. The predicted molar refractivity (Wildman–Crippen MR) is 256 cm³/mol. The van der Waals surface area contributed by atoms with E-state index in [2.05, 4.69) is 74.4 Å². The van der Waals surface area contributed by atoms with Gasteiger partial charge in [0.25, 0.3) is 35.4 Å². The van der Waals surface area contributed by atoms with Crippen LogP contribution in [0.1, 0.15) is 62.1 Å². The number of benzene rings is 4. The molecule has 0 saturated heterocycles. The van der Waals surface area contributed by atoms with E-state index in [0.29, 0.717) is 0 Å². The molecule has 26 heteroatoms. The molecule has 0 fully saturated rings. The monoisotopic (exact) mass is 1170 g/mol. The summed E-state index contributed by atoms with van der Waals surface area (Å²) in [7, 11) is 0. The highest BCUT2D eigenvalue weighted by Gasteiger charge is 2.37. The molecule has 8 atom stereocenters. The van der Waals surface area contributed by atoms with Crippen molar-refractivity contribution in [1.82, 2.24) is 15.5 Å². The molecule has 374 valence electrons. The summed E-state index contributed by atoms with van der Waals surface area (Å²) in [6.45, 7) is -4.00. The number of fused-ring (bicyclic) bond motifs is 1. The number of carbonyl (C=O) groups is 7. The van der Waals surface area contributed by atoms with Gasteiger partial charge in [-0.3, -0.25) is 38.5 Å². The Balaban J connectivity index is 1.29. The van der Waals surface area contributed by atoms with Crippen LogP contribution in [0.2, 0.25) is 0 Å². The molecule has 4 aromatic rings. The van der Waals surface area contributed by atoms with Crippen molar-refractivity contribution in [3.8, 4) is 0 Å². The minimum atomic E-state index is -2.06. The van der Waals surface area contributed by atoms with E-state index >= 15 is 0 Å². The molecule has 4 aromatic carbocycles. The van der Waals surface area contributed by atoms with Gasteiger partial charge in [0.2, 0.25) is 5.91 Å². The highest BCUT2D eigenvalue weighted by atomic mass is 79.9. The van der Waals surface area contributed by atoms with Crippen molar-refractivity contribution in [2.45, 2.75) is 48.8 Å². The second-order valence-electron chi connectivity index (χ2n) is 15.4. The molecule has 0 aliphatic carbocycles. The van der Waals surface area contributed by atoms with Gasteiger partial charge in [-0.25, -0.2) is 0 Å². The zero-order valence-corrected chi connectivity index (χ0v) is 40.8. The summed E-state index contributed by atoms with van der Waals surface area (Å²) in [4.78, 5) is 93.0. The Labute approximate surface area is 421 Å². The van der Waals surface area contributed by atoms with Crippen molar-refractivity contribution in [2.24, 2.45) is 0 Å². The number of imide groups is 1. The van der Waals surface area contributed by atoms with E-state index in [0.717, 1.165) is 4.90 Å². The number of rotatable bonds is 21. The lowest BCUT2D eigenvalue weighted by atomic mass is 10.0. The van der Waals surface area contributed by atoms with Crippen LogP contribution >= 0.6 is 47.8 Å². The molecule has 0 saturated carbocycles. The van der Waals surface area contributed by atoms with E-state index < -0.39 is 134 Å². The van der Waals surface area contributed by atoms with Crippen LogP contribution in [-0.4, -0.2) is 179 Å². The van der Waals surface area contributed by atoms with Gasteiger partial charge in [-0.1, -0.05) is 12.1 Å². The van der Waals surface area contributed by atoms with E-state index in [1.165, 1.54) is 60.7 Å². The smallest absolute Gasteiger partial charge is 0.262 e. The molecule has 8 unspecified atom stereocenters. The van der Waals surface area contributed by atoms with Crippen molar-refractivity contribution >= 4 is 106 Å². The van der Waals surface area contributed by atoms with E-state index in [4.69, 9.17) is 10.2 Å². The maximum atomic E-state index is 13.7. The van der Waals surface area contributed by atoms with E-state index in [9.17, 15) is 74.4 Å². The van der Waals surface area contributed by atoms with Crippen molar-refractivity contribution < 1.29 is 84.6 Å². The fraction of sp³-hybridized carbons (Fsp3) is 0.295. The van der Waals surface area contributed by atoms with E-state index in [1.807, 2.05) is 0 Å². The molecule has 0 spiro atoms. The quantitative estimate of drug-likeness (QED) is 0.0447. The fourth-order valence-corrected chi connectivity index (χ4v) is 9.54. The minimum absolute atomic E-state index is 0.0144. The van der Waals surface area contributed by atoms with Crippen molar-refractivity contribution in [3.63, 3.8) is 0 Å². The number of anilines is 3. The number of carbonyl (C=O) groups excluding carboxylic acids is 7. The molecule has 1 heterocycles. The number of aliphatic hydroxyl groups is 10. The van der Waals surface area contributed by atoms with Crippen LogP contribution in [0.3, 0.4) is 0 Å². The fourth-order valence-electron chi connectivity index (χ4n) is 6.64. The number of hydrogen-bond donors (Lipinski definition) is 15. The van der Waals surface area contributed by atoms with Gasteiger partial charge in [0, 0.05) is 40.1 Å². The average Bonchev–Trinajstić information content (AvgIpc) is 3.59. The third-order valence-electron chi connectivity index (χ3n) is 10.6. The molecule has 0 bridgehead atoms. The lowest BCUT2D eigenvalue weighted by Crippen LogP contribution is -2.49. The van der Waals surface area contributed by atoms with Gasteiger partial charge in [0.1, 0.15) is 43.2 Å². The molecule has 1 aliphatic rings. The van der Waals surface area contributed by atoms with Crippen LogP contribution in [-0.2, 0) is 4.79 Å².